The summed E-state index contributed by atoms with van der Waals surface area (Å²) < 4.78 is 0. The third-order valence-electron chi connectivity index (χ3n) is 4.11. The fraction of sp³-hybridized carbons (Fsp3) is 0.846. The molecular formula is C13H22N2O3. The number of hydrogen-bond acceptors (Lipinski definition) is 3. The standard InChI is InChI=1S/C13H22N2O3/c1-9-5-4-7-14-11(9)12(16)15-8-3-2-6-10(15)13(17)18/h9-11,14H,2-8H2,1H3,(H,17,18)/t9?,10-,11?/m1/s1. The zero-order valence-electron chi connectivity index (χ0n) is 10.9. The summed E-state index contributed by atoms with van der Waals surface area (Å²) in [6.45, 7) is 3.50. The first-order chi connectivity index (χ1) is 8.61. The van der Waals surface area contributed by atoms with Gasteiger partial charge in [-0.15, -0.1) is 0 Å². The average molecular weight is 254 g/mol. The Labute approximate surface area is 108 Å². The number of carboxylic acids is 1. The summed E-state index contributed by atoms with van der Waals surface area (Å²) in [5.41, 5.74) is 0. The van der Waals surface area contributed by atoms with Gasteiger partial charge in [0.25, 0.3) is 0 Å². The smallest absolute Gasteiger partial charge is 0.326 e. The van der Waals surface area contributed by atoms with Crippen LogP contribution in [0.4, 0.5) is 0 Å². The minimum absolute atomic E-state index is 0.0192. The largest absolute Gasteiger partial charge is 0.480 e. The first kappa shape index (κ1) is 13.3. The molecule has 0 aliphatic carbocycles. The molecule has 0 aromatic heterocycles. The molecule has 0 aromatic carbocycles. The lowest BCUT2D eigenvalue weighted by Gasteiger charge is -2.38. The van der Waals surface area contributed by atoms with Gasteiger partial charge in [0.15, 0.2) is 0 Å². The SMILES string of the molecule is CC1CCCNC1C(=O)N1CCCC[C@@H]1C(=O)O. The lowest BCUT2D eigenvalue weighted by Crippen LogP contribution is -2.57. The van der Waals surface area contributed by atoms with Gasteiger partial charge in [-0.05, 0) is 44.6 Å². The second-order valence-electron chi connectivity index (χ2n) is 5.43. The van der Waals surface area contributed by atoms with Gasteiger partial charge in [0.05, 0.1) is 6.04 Å². The van der Waals surface area contributed by atoms with Gasteiger partial charge in [-0.3, -0.25) is 4.79 Å². The van der Waals surface area contributed by atoms with Crippen LogP contribution in [0, 0.1) is 5.92 Å². The van der Waals surface area contributed by atoms with E-state index in [0.29, 0.717) is 18.9 Å². The number of likely N-dealkylation sites (tertiary alicyclic amines) is 1. The average Bonchev–Trinajstić information content (AvgIpc) is 2.38. The zero-order chi connectivity index (χ0) is 13.1. The number of carbonyl (C=O) groups excluding carboxylic acids is 1. The number of piperidine rings is 2. The van der Waals surface area contributed by atoms with E-state index in [2.05, 4.69) is 12.2 Å². The maximum atomic E-state index is 12.5. The van der Waals surface area contributed by atoms with Crippen molar-refractivity contribution in [1.82, 2.24) is 10.2 Å². The van der Waals surface area contributed by atoms with Crippen LogP contribution in [0.15, 0.2) is 0 Å². The normalized spacial score (nSPS) is 33.2. The minimum Gasteiger partial charge on any atom is -0.480 e. The van der Waals surface area contributed by atoms with E-state index in [1.165, 1.54) is 0 Å². The number of carbonyl (C=O) groups is 2. The van der Waals surface area contributed by atoms with Gasteiger partial charge in [0, 0.05) is 6.54 Å². The Morgan fingerprint density at radius 2 is 2.00 bits per heavy atom. The maximum Gasteiger partial charge on any atom is 0.326 e. The third kappa shape index (κ3) is 2.66. The minimum atomic E-state index is -0.869. The molecule has 2 aliphatic rings. The summed E-state index contributed by atoms with van der Waals surface area (Å²) in [6.07, 6.45) is 4.52. The van der Waals surface area contributed by atoms with Crippen LogP contribution in [-0.2, 0) is 9.59 Å². The monoisotopic (exact) mass is 254 g/mol. The van der Waals surface area contributed by atoms with E-state index in [1.807, 2.05) is 0 Å². The molecule has 2 rings (SSSR count). The van der Waals surface area contributed by atoms with Crippen molar-refractivity contribution in [3.63, 3.8) is 0 Å². The molecule has 2 aliphatic heterocycles. The Balaban J connectivity index is 2.07. The van der Waals surface area contributed by atoms with Gasteiger partial charge in [-0.2, -0.15) is 0 Å². The first-order valence-electron chi connectivity index (χ1n) is 6.88. The Morgan fingerprint density at radius 3 is 2.67 bits per heavy atom. The highest BCUT2D eigenvalue weighted by atomic mass is 16.4. The Hall–Kier alpha value is -1.10. The van der Waals surface area contributed by atoms with Crippen LogP contribution in [0.3, 0.4) is 0 Å². The molecule has 18 heavy (non-hydrogen) atoms. The summed E-state index contributed by atoms with van der Waals surface area (Å²) in [5.74, 6) is -0.594. The van der Waals surface area contributed by atoms with Crippen molar-refractivity contribution in [3.8, 4) is 0 Å². The molecular weight excluding hydrogens is 232 g/mol. The number of nitrogens with one attached hydrogen (secondary N) is 1. The highest BCUT2D eigenvalue weighted by Gasteiger charge is 2.37. The molecule has 2 fully saturated rings. The van der Waals surface area contributed by atoms with E-state index in [9.17, 15) is 14.7 Å². The summed E-state index contributed by atoms with van der Waals surface area (Å²) in [5, 5.41) is 12.4. The summed E-state index contributed by atoms with van der Waals surface area (Å²) in [6, 6.07) is -0.819. The first-order valence-corrected chi connectivity index (χ1v) is 6.88. The molecule has 1 amide bonds. The van der Waals surface area contributed by atoms with Crippen molar-refractivity contribution >= 4 is 11.9 Å². The molecule has 102 valence electrons. The summed E-state index contributed by atoms with van der Waals surface area (Å²) >= 11 is 0. The number of aliphatic carboxylic acids is 1. The third-order valence-corrected chi connectivity index (χ3v) is 4.11. The molecule has 2 heterocycles. The second-order valence-corrected chi connectivity index (χ2v) is 5.43. The van der Waals surface area contributed by atoms with Gasteiger partial charge in [-0.25, -0.2) is 4.79 Å². The van der Waals surface area contributed by atoms with Crippen LogP contribution in [-0.4, -0.2) is 47.1 Å². The van der Waals surface area contributed by atoms with E-state index in [-0.39, 0.29) is 11.9 Å². The number of nitrogens with zero attached hydrogens (tertiary/aromatic N) is 1. The Bertz CT molecular complexity index is 332. The molecule has 0 spiro atoms. The van der Waals surface area contributed by atoms with Gasteiger partial charge < -0.3 is 15.3 Å². The molecule has 3 atom stereocenters. The van der Waals surface area contributed by atoms with Crippen molar-refractivity contribution in [3.05, 3.63) is 0 Å². The zero-order valence-corrected chi connectivity index (χ0v) is 10.9. The van der Waals surface area contributed by atoms with Crippen LogP contribution >= 0.6 is 0 Å². The van der Waals surface area contributed by atoms with Crippen molar-refractivity contribution in [2.45, 2.75) is 51.1 Å². The van der Waals surface area contributed by atoms with Crippen molar-refractivity contribution in [1.29, 1.82) is 0 Å². The van der Waals surface area contributed by atoms with Crippen molar-refractivity contribution < 1.29 is 14.7 Å². The van der Waals surface area contributed by atoms with E-state index < -0.39 is 12.0 Å². The molecule has 0 radical (unpaired) electrons. The predicted molar refractivity (Wildman–Crippen MR) is 67.2 cm³/mol. The maximum absolute atomic E-state index is 12.5. The van der Waals surface area contributed by atoms with Gasteiger partial charge in [-0.1, -0.05) is 6.92 Å². The number of amides is 1. The Kier molecular flexibility index (Phi) is 4.22. The Morgan fingerprint density at radius 1 is 1.22 bits per heavy atom. The van der Waals surface area contributed by atoms with Crippen molar-refractivity contribution in [2.24, 2.45) is 5.92 Å². The fourth-order valence-electron chi connectivity index (χ4n) is 3.01. The van der Waals surface area contributed by atoms with Crippen LogP contribution in [0.5, 0.6) is 0 Å². The predicted octanol–water partition coefficient (Wildman–Crippen LogP) is 0.840. The molecule has 0 aromatic rings. The molecule has 5 nitrogen and oxygen atoms in total. The van der Waals surface area contributed by atoms with E-state index in [0.717, 1.165) is 32.2 Å². The molecule has 2 unspecified atom stereocenters. The topological polar surface area (TPSA) is 69.6 Å². The summed E-state index contributed by atoms with van der Waals surface area (Å²) in [4.78, 5) is 25.3. The highest BCUT2D eigenvalue weighted by Crippen LogP contribution is 2.23. The number of carboxylic acid groups (broad SMARTS) is 1. The van der Waals surface area contributed by atoms with E-state index in [4.69, 9.17) is 0 Å². The fourth-order valence-corrected chi connectivity index (χ4v) is 3.01. The van der Waals surface area contributed by atoms with Gasteiger partial charge in [0.2, 0.25) is 5.91 Å². The van der Waals surface area contributed by atoms with Crippen LogP contribution in [0.25, 0.3) is 0 Å². The van der Waals surface area contributed by atoms with Crippen LogP contribution in [0.2, 0.25) is 0 Å². The van der Waals surface area contributed by atoms with Crippen molar-refractivity contribution in [2.75, 3.05) is 13.1 Å². The lowest BCUT2D eigenvalue weighted by atomic mass is 9.90. The lowest BCUT2D eigenvalue weighted by molar-refractivity contribution is -0.153. The highest BCUT2D eigenvalue weighted by molar-refractivity contribution is 5.87. The molecule has 0 saturated carbocycles. The quantitative estimate of drug-likeness (QED) is 0.766. The van der Waals surface area contributed by atoms with Gasteiger partial charge >= 0.3 is 5.97 Å². The summed E-state index contributed by atoms with van der Waals surface area (Å²) in [7, 11) is 0. The van der Waals surface area contributed by atoms with Crippen LogP contribution < -0.4 is 5.32 Å². The molecule has 2 saturated heterocycles. The number of hydrogen-bond donors (Lipinski definition) is 2. The molecule has 2 N–H and O–H groups in total. The van der Waals surface area contributed by atoms with Gasteiger partial charge in [0.1, 0.15) is 6.04 Å². The molecule has 5 heteroatoms. The van der Waals surface area contributed by atoms with E-state index >= 15 is 0 Å². The molecule has 0 bridgehead atoms. The number of rotatable bonds is 2. The van der Waals surface area contributed by atoms with Crippen LogP contribution in [0.1, 0.15) is 39.0 Å². The van der Waals surface area contributed by atoms with E-state index in [1.54, 1.807) is 4.90 Å². The second kappa shape index (κ2) is 5.69.